The van der Waals surface area contributed by atoms with Crippen LogP contribution in [0.25, 0.3) is 0 Å². The summed E-state index contributed by atoms with van der Waals surface area (Å²) in [5, 5.41) is 0. The lowest BCUT2D eigenvalue weighted by Gasteiger charge is -2.27. The molecular formula is C20H44N2O4Si. The first-order valence-electron chi connectivity index (χ1n) is 10.7. The second kappa shape index (κ2) is 17.6. The smallest absolute Gasteiger partial charge is 0.377 e. The number of amides is 1. The van der Waals surface area contributed by atoms with Crippen LogP contribution in [0.15, 0.2) is 0 Å². The molecule has 0 rings (SSSR count). The van der Waals surface area contributed by atoms with E-state index in [1.54, 1.807) is 21.3 Å². The molecule has 0 aromatic heterocycles. The molecule has 1 amide bonds. The molecule has 0 saturated carbocycles. The topological polar surface area (TPSA) is 74.0 Å². The number of carbonyl (C=O) groups excluding carboxylic acids is 1. The molecular weight excluding hydrogens is 360 g/mol. The molecule has 0 saturated heterocycles. The largest absolute Gasteiger partial charge is 0.500 e. The molecule has 0 radical (unpaired) electrons. The van der Waals surface area contributed by atoms with Gasteiger partial charge in [-0.3, -0.25) is 4.79 Å². The molecule has 0 aliphatic rings. The van der Waals surface area contributed by atoms with Crippen LogP contribution in [0.1, 0.15) is 77.6 Å². The Morgan fingerprint density at radius 2 is 1.33 bits per heavy atom. The summed E-state index contributed by atoms with van der Waals surface area (Å²) in [5.74, 6) is 0.211. The van der Waals surface area contributed by atoms with Gasteiger partial charge in [-0.05, 0) is 12.8 Å². The van der Waals surface area contributed by atoms with Crippen LogP contribution in [0.2, 0.25) is 6.04 Å². The van der Waals surface area contributed by atoms with Crippen LogP contribution in [0.4, 0.5) is 0 Å². The van der Waals surface area contributed by atoms with Gasteiger partial charge in [-0.1, -0.05) is 58.3 Å². The highest BCUT2D eigenvalue weighted by molar-refractivity contribution is 6.60. The Balaban J connectivity index is 4.00. The number of hydrogen-bond donors (Lipinski definition) is 1. The minimum absolute atomic E-state index is 0.211. The number of carbonyl (C=O) groups is 1. The van der Waals surface area contributed by atoms with E-state index < -0.39 is 8.80 Å². The van der Waals surface area contributed by atoms with Gasteiger partial charge in [0.25, 0.3) is 0 Å². The number of nitrogens with two attached hydrogens (primary N) is 1. The van der Waals surface area contributed by atoms with Crippen molar-refractivity contribution in [1.29, 1.82) is 0 Å². The summed E-state index contributed by atoms with van der Waals surface area (Å²) in [4.78, 5) is 14.4. The van der Waals surface area contributed by atoms with E-state index in [1.807, 2.05) is 4.90 Å². The van der Waals surface area contributed by atoms with E-state index in [4.69, 9.17) is 19.0 Å². The van der Waals surface area contributed by atoms with Gasteiger partial charge in [0.15, 0.2) is 0 Å². The maximum absolute atomic E-state index is 12.5. The summed E-state index contributed by atoms with van der Waals surface area (Å²) in [6.07, 6.45) is 12.8. The molecule has 7 heteroatoms. The van der Waals surface area contributed by atoms with E-state index in [0.29, 0.717) is 32.1 Å². The summed E-state index contributed by atoms with van der Waals surface area (Å²) < 4.78 is 16.3. The molecule has 0 unspecified atom stereocenters. The van der Waals surface area contributed by atoms with Crippen LogP contribution in [0, 0.1) is 0 Å². The van der Waals surface area contributed by atoms with Crippen molar-refractivity contribution in [2.75, 3.05) is 41.0 Å². The third-order valence-electron chi connectivity index (χ3n) is 5.09. The van der Waals surface area contributed by atoms with Crippen LogP contribution in [0.3, 0.4) is 0 Å². The van der Waals surface area contributed by atoms with Gasteiger partial charge in [-0.25, -0.2) is 0 Å². The van der Waals surface area contributed by atoms with Crippen LogP contribution in [0.5, 0.6) is 0 Å². The van der Waals surface area contributed by atoms with E-state index in [0.717, 1.165) is 19.3 Å². The van der Waals surface area contributed by atoms with E-state index in [-0.39, 0.29) is 5.91 Å². The van der Waals surface area contributed by atoms with Crippen LogP contribution >= 0.6 is 0 Å². The van der Waals surface area contributed by atoms with E-state index in [9.17, 15) is 4.79 Å². The Morgan fingerprint density at radius 3 is 1.81 bits per heavy atom. The van der Waals surface area contributed by atoms with Crippen molar-refractivity contribution in [3.05, 3.63) is 0 Å². The minimum atomic E-state index is -2.56. The first-order valence-corrected chi connectivity index (χ1v) is 12.7. The van der Waals surface area contributed by atoms with Gasteiger partial charge in [0.1, 0.15) is 0 Å². The predicted octanol–water partition coefficient (Wildman–Crippen LogP) is 3.96. The van der Waals surface area contributed by atoms with Crippen molar-refractivity contribution < 1.29 is 18.1 Å². The maximum Gasteiger partial charge on any atom is 0.500 e. The number of rotatable bonds is 19. The van der Waals surface area contributed by atoms with Crippen molar-refractivity contribution in [3.8, 4) is 0 Å². The van der Waals surface area contributed by atoms with Crippen molar-refractivity contribution in [2.24, 2.45) is 5.73 Å². The standard InChI is InChI=1S/C20H44N2O4Si/c1-5-6-7-8-9-10-11-12-13-15-20(23)22(18-16-21)17-14-19-27(24-2,25-3)26-4/h5-19,21H2,1-4H3. The highest BCUT2D eigenvalue weighted by Gasteiger charge is 2.37. The zero-order valence-electron chi connectivity index (χ0n) is 18.3. The highest BCUT2D eigenvalue weighted by atomic mass is 28.4. The summed E-state index contributed by atoms with van der Waals surface area (Å²) in [5.41, 5.74) is 5.69. The maximum atomic E-state index is 12.5. The van der Waals surface area contributed by atoms with Gasteiger partial charge in [-0.15, -0.1) is 0 Å². The molecule has 0 atom stereocenters. The van der Waals surface area contributed by atoms with Crippen LogP contribution < -0.4 is 5.73 Å². The third kappa shape index (κ3) is 12.6. The molecule has 6 nitrogen and oxygen atoms in total. The number of nitrogens with zero attached hydrogens (tertiary/aromatic N) is 1. The first kappa shape index (κ1) is 26.5. The van der Waals surface area contributed by atoms with Crippen molar-refractivity contribution in [1.82, 2.24) is 4.90 Å². The minimum Gasteiger partial charge on any atom is -0.377 e. The van der Waals surface area contributed by atoms with Gasteiger partial charge >= 0.3 is 8.80 Å². The van der Waals surface area contributed by atoms with Gasteiger partial charge in [0.2, 0.25) is 5.91 Å². The Morgan fingerprint density at radius 1 is 0.815 bits per heavy atom. The van der Waals surface area contributed by atoms with E-state index in [2.05, 4.69) is 6.92 Å². The quantitative estimate of drug-likeness (QED) is 0.260. The van der Waals surface area contributed by atoms with Gasteiger partial charge in [0.05, 0.1) is 0 Å². The molecule has 2 N–H and O–H groups in total. The Hall–Kier alpha value is -0.473. The lowest BCUT2D eigenvalue weighted by Crippen LogP contribution is -2.44. The molecule has 0 spiro atoms. The number of hydrogen-bond acceptors (Lipinski definition) is 5. The Bertz CT molecular complexity index is 347. The Labute approximate surface area is 168 Å². The predicted molar refractivity (Wildman–Crippen MR) is 114 cm³/mol. The molecule has 0 fully saturated rings. The summed E-state index contributed by atoms with van der Waals surface area (Å²) in [6.45, 7) is 4.02. The van der Waals surface area contributed by atoms with Crippen molar-refractivity contribution >= 4 is 14.7 Å². The van der Waals surface area contributed by atoms with Gasteiger partial charge < -0.3 is 23.9 Å². The highest BCUT2D eigenvalue weighted by Crippen LogP contribution is 2.16. The van der Waals surface area contributed by atoms with E-state index in [1.165, 1.54) is 44.9 Å². The molecule has 0 heterocycles. The normalized spacial score (nSPS) is 11.7. The lowest BCUT2D eigenvalue weighted by atomic mass is 10.1. The average molecular weight is 405 g/mol. The third-order valence-corrected chi connectivity index (χ3v) is 7.92. The molecule has 0 aromatic rings. The summed E-state index contributed by atoms with van der Waals surface area (Å²) >= 11 is 0. The molecule has 0 aromatic carbocycles. The van der Waals surface area contributed by atoms with Crippen molar-refractivity contribution in [3.63, 3.8) is 0 Å². The first-order chi connectivity index (χ1) is 13.1. The molecule has 162 valence electrons. The van der Waals surface area contributed by atoms with E-state index >= 15 is 0 Å². The summed E-state index contributed by atoms with van der Waals surface area (Å²) in [7, 11) is 2.29. The molecule has 0 aliphatic carbocycles. The zero-order chi connectivity index (χ0) is 20.4. The van der Waals surface area contributed by atoms with Gasteiger partial charge in [0, 0.05) is 53.4 Å². The average Bonchev–Trinajstić information content (AvgIpc) is 2.69. The lowest BCUT2D eigenvalue weighted by molar-refractivity contribution is -0.131. The zero-order valence-corrected chi connectivity index (χ0v) is 19.3. The van der Waals surface area contributed by atoms with Gasteiger partial charge in [-0.2, -0.15) is 0 Å². The fourth-order valence-electron chi connectivity index (χ4n) is 3.30. The molecule has 0 bridgehead atoms. The van der Waals surface area contributed by atoms with Crippen molar-refractivity contribution in [2.45, 2.75) is 83.6 Å². The second-order valence-electron chi connectivity index (χ2n) is 7.15. The Kier molecular flexibility index (Phi) is 17.3. The monoisotopic (exact) mass is 404 g/mol. The molecule has 0 aliphatic heterocycles. The fraction of sp³-hybridized carbons (Fsp3) is 0.950. The second-order valence-corrected chi connectivity index (χ2v) is 10.2. The fourth-order valence-corrected chi connectivity index (χ4v) is 5.01. The van der Waals surface area contributed by atoms with Crippen LogP contribution in [-0.4, -0.2) is 60.6 Å². The molecule has 27 heavy (non-hydrogen) atoms. The number of unbranched alkanes of at least 4 members (excludes halogenated alkanes) is 8. The SMILES string of the molecule is CCCCCCCCCCCC(=O)N(CCN)CCC[Si](OC)(OC)OC. The van der Waals surface area contributed by atoms with Crippen LogP contribution in [-0.2, 0) is 18.1 Å². The summed E-state index contributed by atoms with van der Waals surface area (Å²) in [6, 6.07) is 0.697.